The molecule has 0 radical (unpaired) electrons. The van der Waals surface area contributed by atoms with Gasteiger partial charge >= 0.3 is 0 Å². The summed E-state index contributed by atoms with van der Waals surface area (Å²) >= 11 is 7.32. The lowest BCUT2D eigenvalue weighted by Gasteiger charge is -2.28. The molecule has 1 saturated heterocycles. The van der Waals surface area contributed by atoms with Crippen LogP contribution in [0.3, 0.4) is 0 Å². The van der Waals surface area contributed by atoms with Gasteiger partial charge in [0.25, 0.3) is 5.91 Å². The number of nitrogens with zero attached hydrogens (tertiary/aromatic N) is 3. The smallest absolute Gasteiger partial charge is 0.278 e. The molecule has 2 heterocycles. The van der Waals surface area contributed by atoms with Gasteiger partial charge in [0.05, 0.1) is 18.9 Å². The van der Waals surface area contributed by atoms with E-state index in [1.165, 1.54) is 17.3 Å². The van der Waals surface area contributed by atoms with Crippen LogP contribution in [0.25, 0.3) is 0 Å². The first-order valence-corrected chi connectivity index (χ1v) is 10.7. The van der Waals surface area contributed by atoms with Crippen LogP contribution in [0, 0.1) is 0 Å². The second-order valence-corrected chi connectivity index (χ2v) is 8.50. The number of nitrogens with one attached hydrogen (secondary N) is 1. The van der Waals surface area contributed by atoms with Crippen LogP contribution in [-0.2, 0) is 22.6 Å². The molecule has 6 nitrogen and oxygen atoms in total. The monoisotopic (exact) mass is 430 g/mol. The second kappa shape index (κ2) is 9.17. The summed E-state index contributed by atoms with van der Waals surface area (Å²) < 4.78 is 5.42. The molecule has 0 atom stereocenters. The average Bonchev–Trinajstić information content (AvgIpc) is 2.73. The Morgan fingerprint density at radius 3 is 2.66 bits per heavy atom. The van der Waals surface area contributed by atoms with Gasteiger partial charge in [0, 0.05) is 43.1 Å². The number of carbonyl (C=O) groups is 1. The fourth-order valence-corrected chi connectivity index (χ4v) is 4.47. The molecule has 2 aromatic carbocycles. The van der Waals surface area contributed by atoms with E-state index in [2.05, 4.69) is 33.5 Å². The minimum absolute atomic E-state index is 0.180. The van der Waals surface area contributed by atoms with Crippen LogP contribution in [0.2, 0.25) is 5.02 Å². The van der Waals surface area contributed by atoms with Gasteiger partial charge in [0.2, 0.25) is 0 Å². The molecule has 0 aromatic heterocycles. The molecule has 0 unspecified atom stereocenters. The number of rotatable bonds is 5. The molecule has 29 heavy (non-hydrogen) atoms. The summed E-state index contributed by atoms with van der Waals surface area (Å²) in [6.07, 6.45) is 0. The maximum Gasteiger partial charge on any atom is 0.278 e. The number of amides is 1. The summed E-state index contributed by atoms with van der Waals surface area (Å²) in [5, 5.41) is 10.3. The molecule has 152 valence electrons. The van der Waals surface area contributed by atoms with Gasteiger partial charge in [-0.15, -0.1) is 0 Å². The van der Waals surface area contributed by atoms with E-state index in [4.69, 9.17) is 16.3 Å². The molecule has 0 bridgehead atoms. The van der Waals surface area contributed by atoms with Gasteiger partial charge in [0.15, 0.2) is 5.04 Å². The van der Waals surface area contributed by atoms with Crippen LogP contribution in [0.15, 0.2) is 52.5 Å². The highest BCUT2D eigenvalue weighted by Gasteiger charge is 2.23. The first-order valence-electron chi connectivity index (χ1n) is 9.54. The van der Waals surface area contributed by atoms with Crippen molar-refractivity contribution in [2.45, 2.75) is 18.0 Å². The van der Waals surface area contributed by atoms with Crippen LogP contribution >= 0.6 is 23.4 Å². The van der Waals surface area contributed by atoms with Gasteiger partial charge in [-0.1, -0.05) is 41.6 Å². The molecule has 2 aliphatic rings. The number of fused-ring (bicyclic) bond motifs is 1. The Hall–Kier alpha value is -2.06. The fourth-order valence-electron chi connectivity index (χ4n) is 3.29. The number of benzene rings is 2. The van der Waals surface area contributed by atoms with Crippen LogP contribution in [0.4, 0.5) is 5.69 Å². The van der Waals surface area contributed by atoms with Gasteiger partial charge in [-0.05, 0) is 35.4 Å². The first kappa shape index (κ1) is 20.2. The lowest BCUT2D eigenvalue weighted by atomic mass is 10.2. The van der Waals surface area contributed by atoms with Crippen molar-refractivity contribution < 1.29 is 9.53 Å². The Kier molecular flexibility index (Phi) is 6.40. The van der Waals surface area contributed by atoms with E-state index in [0.29, 0.717) is 16.6 Å². The zero-order valence-electron chi connectivity index (χ0n) is 16.2. The number of hydrazone groups is 1. The highest BCUT2D eigenvalue weighted by atomic mass is 35.5. The van der Waals surface area contributed by atoms with E-state index in [1.807, 2.05) is 31.3 Å². The van der Waals surface area contributed by atoms with Gasteiger partial charge in [0.1, 0.15) is 0 Å². The zero-order valence-corrected chi connectivity index (χ0v) is 17.8. The van der Waals surface area contributed by atoms with Crippen molar-refractivity contribution >= 4 is 40.0 Å². The van der Waals surface area contributed by atoms with Crippen molar-refractivity contribution in [3.63, 3.8) is 0 Å². The molecule has 1 amide bonds. The van der Waals surface area contributed by atoms with Gasteiger partial charge in [-0.2, -0.15) is 5.10 Å². The zero-order chi connectivity index (χ0) is 20.2. The maximum absolute atomic E-state index is 12.7. The maximum atomic E-state index is 12.7. The highest BCUT2D eigenvalue weighted by molar-refractivity contribution is 8.16. The molecule has 0 spiro atoms. The van der Waals surface area contributed by atoms with Crippen LogP contribution in [0.1, 0.15) is 11.1 Å². The number of anilines is 1. The molecule has 1 fully saturated rings. The van der Waals surface area contributed by atoms with Crippen LogP contribution < -0.4 is 10.3 Å². The molecule has 0 saturated carbocycles. The number of ether oxygens (including phenoxy) is 1. The highest BCUT2D eigenvalue weighted by Crippen LogP contribution is 2.36. The molecule has 1 N–H and O–H groups in total. The lowest BCUT2D eigenvalue weighted by Crippen LogP contribution is -2.35. The average molecular weight is 431 g/mol. The minimum Gasteiger partial charge on any atom is -0.379 e. The number of halogens is 1. The molecule has 2 aromatic rings. The molecule has 2 aliphatic heterocycles. The molecular weight excluding hydrogens is 408 g/mol. The summed E-state index contributed by atoms with van der Waals surface area (Å²) in [5.74, 6) is -0.180. The van der Waals surface area contributed by atoms with Gasteiger partial charge in [-0.25, -0.2) is 0 Å². The fraction of sp³-hybridized carbons (Fsp3) is 0.333. The van der Waals surface area contributed by atoms with Crippen molar-refractivity contribution in [2.75, 3.05) is 38.4 Å². The minimum atomic E-state index is -0.180. The number of hydrogen-bond donors (Lipinski definition) is 1. The van der Waals surface area contributed by atoms with E-state index in [9.17, 15) is 4.79 Å². The number of hydrogen-bond acceptors (Lipinski definition) is 6. The van der Waals surface area contributed by atoms with E-state index >= 15 is 0 Å². The molecular formula is C21H23ClN4O2S. The standard InChI is InChI=1S/C21H23ClN4O2S/c1-25-18-7-4-16(14-26-8-10-28-11-9-26)12-19(18)29-21(24-25)20(27)23-13-15-2-5-17(22)6-3-15/h2-7,12H,8-11,13-14H2,1H3,(H,23,27). The van der Waals surface area contributed by atoms with E-state index in [-0.39, 0.29) is 5.91 Å². The van der Waals surface area contributed by atoms with Gasteiger partial charge < -0.3 is 10.1 Å². The summed E-state index contributed by atoms with van der Waals surface area (Å²) in [5.41, 5.74) is 3.23. The third-order valence-electron chi connectivity index (χ3n) is 4.89. The first-order chi connectivity index (χ1) is 14.1. The predicted molar refractivity (Wildman–Crippen MR) is 118 cm³/mol. The van der Waals surface area contributed by atoms with Crippen molar-refractivity contribution in [3.8, 4) is 0 Å². The Bertz CT molecular complexity index is 913. The SMILES string of the molecule is CN1N=C(C(=O)NCc2ccc(Cl)cc2)Sc2cc(CN3CCOCC3)ccc21. The summed E-state index contributed by atoms with van der Waals surface area (Å²) in [7, 11) is 1.87. The van der Waals surface area contributed by atoms with Crippen LogP contribution in [-0.4, -0.2) is 49.2 Å². The predicted octanol–water partition coefficient (Wildman–Crippen LogP) is 3.34. The Labute approximate surface area is 179 Å². The third-order valence-corrected chi connectivity index (χ3v) is 6.15. The number of carbonyl (C=O) groups excluding carboxylic acids is 1. The van der Waals surface area contributed by atoms with Gasteiger partial charge in [-0.3, -0.25) is 14.7 Å². The Morgan fingerprint density at radius 1 is 1.17 bits per heavy atom. The summed E-state index contributed by atoms with van der Waals surface area (Å²) in [4.78, 5) is 16.1. The quantitative estimate of drug-likeness (QED) is 0.788. The lowest BCUT2D eigenvalue weighted by molar-refractivity contribution is -0.114. The second-order valence-electron chi connectivity index (χ2n) is 7.03. The Morgan fingerprint density at radius 2 is 1.90 bits per heavy atom. The normalized spacial score (nSPS) is 16.9. The largest absolute Gasteiger partial charge is 0.379 e. The van der Waals surface area contributed by atoms with E-state index in [0.717, 1.165) is 49.0 Å². The van der Waals surface area contributed by atoms with Crippen molar-refractivity contribution in [3.05, 3.63) is 58.6 Å². The molecule has 4 rings (SSSR count). The molecule has 8 heteroatoms. The number of thioether (sulfide) groups is 1. The van der Waals surface area contributed by atoms with Crippen molar-refractivity contribution in [1.29, 1.82) is 0 Å². The van der Waals surface area contributed by atoms with Crippen molar-refractivity contribution in [2.24, 2.45) is 5.10 Å². The topological polar surface area (TPSA) is 57.2 Å². The Balaban J connectivity index is 1.41. The summed E-state index contributed by atoms with van der Waals surface area (Å²) in [6, 6.07) is 13.8. The third kappa shape index (κ3) is 5.11. The van der Waals surface area contributed by atoms with E-state index < -0.39 is 0 Å². The number of morpholine rings is 1. The van der Waals surface area contributed by atoms with Crippen LogP contribution in [0.5, 0.6) is 0 Å². The molecule has 0 aliphatic carbocycles. The van der Waals surface area contributed by atoms with E-state index in [1.54, 1.807) is 5.01 Å². The van der Waals surface area contributed by atoms with Crippen molar-refractivity contribution in [1.82, 2.24) is 10.2 Å². The summed E-state index contributed by atoms with van der Waals surface area (Å²) in [6.45, 7) is 4.79.